The lowest BCUT2D eigenvalue weighted by Crippen LogP contribution is -2.45. The topological polar surface area (TPSA) is 72.2 Å². The maximum atomic E-state index is 13.7. The van der Waals surface area contributed by atoms with E-state index in [2.05, 4.69) is 0 Å². The van der Waals surface area contributed by atoms with E-state index in [1.54, 1.807) is 9.80 Å². The van der Waals surface area contributed by atoms with Gasteiger partial charge >= 0.3 is 0 Å². The number of ether oxygens (including phenoxy) is 2. The highest BCUT2D eigenvalue weighted by Gasteiger charge is 2.26. The summed E-state index contributed by atoms with van der Waals surface area (Å²) in [5.41, 5.74) is 1.46. The summed E-state index contributed by atoms with van der Waals surface area (Å²) in [6, 6.07) is 22.8. The zero-order valence-corrected chi connectivity index (χ0v) is 21.3. The standard InChI is InChI=1S/C30H30N2O5/c1-20(2)32(30(34)25-11-10-23-6-4-5-7-24(23)15-25)18-29(33)31(17-26-12-8-21(3)37-26)16-22-9-13-27-28(14-22)36-19-35-27/h4-15,20H,16-19H2,1-3H3. The van der Waals surface area contributed by atoms with Crippen LogP contribution in [0.2, 0.25) is 0 Å². The molecular weight excluding hydrogens is 468 g/mol. The van der Waals surface area contributed by atoms with Crippen LogP contribution >= 0.6 is 0 Å². The average molecular weight is 499 g/mol. The van der Waals surface area contributed by atoms with Crippen molar-refractivity contribution >= 4 is 22.6 Å². The second-order valence-corrected chi connectivity index (χ2v) is 9.54. The molecule has 7 nitrogen and oxygen atoms in total. The Labute approximate surface area is 216 Å². The number of hydrogen-bond acceptors (Lipinski definition) is 5. The van der Waals surface area contributed by atoms with Crippen LogP contribution in [0.1, 0.15) is 41.3 Å². The zero-order valence-electron chi connectivity index (χ0n) is 21.3. The lowest BCUT2D eigenvalue weighted by Gasteiger charge is -2.30. The van der Waals surface area contributed by atoms with E-state index >= 15 is 0 Å². The first-order valence-electron chi connectivity index (χ1n) is 12.4. The van der Waals surface area contributed by atoms with Crippen LogP contribution in [-0.2, 0) is 17.9 Å². The van der Waals surface area contributed by atoms with Crippen LogP contribution in [0.25, 0.3) is 10.8 Å². The van der Waals surface area contributed by atoms with Crippen LogP contribution in [0.5, 0.6) is 11.5 Å². The average Bonchev–Trinajstić information content (AvgIpc) is 3.54. The van der Waals surface area contributed by atoms with E-state index < -0.39 is 0 Å². The Balaban J connectivity index is 1.38. The van der Waals surface area contributed by atoms with Gasteiger partial charge in [0.2, 0.25) is 12.7 Å². The molecule has 190 valence electrons. The van der Waals surface area contributed by atoms with Crippen LogP contribution in [0.4, 0.5) is 0 Å². The van der Waals surface area contributed by atoms with Crippen molar-refractivity contribution in [3.63, 3.8) is 0 Å². The molecule has 2 heterocycles. The van der Waals surface area contributed by atoms with Gasteiger partial charge < -0.3 is 23.7 Å². The molecule has 3 aromatic carbocycles. The van der Waals surface area contributed by atoms with Crippen molar-refractivity contribution in [1.82, 2.24) is 9.80 Å². The number of carbonyl (C=O) groups excluding carboxylic acids is 2. The first kappa shape index (κ1) is 24.4. The van der Waals surface area contributed by atoms with Gasteiger partial charge in [-0.15, -0.1) is 0 Å². The molecule has 37 heavy (non-hydrogen) atoms. The summed E-state index contributed by atoms with van der Waals surface area (Å²) in [5.74, 6) is 2.47. The molecule has 0 fully saturated rings. The Morgan fingerprint density at radius 3 is 2.41 bits per heavy atom. The third-order valence-electron chi connectivity index (χ3n) is 6.49. The van der Waals surface area contributed by atoms with E-state index in [1.807, 2.05) is 93.6 Å². The van der Waals surface area contributed by atoms with E-state index in [0.717, 1.165) is 22.1 Å². The van der Waals surface area contributed by atoms with Gasteiger partial charge in [-0.25, -0.2) is 0 Å². The van der Waals surface area contributed by atoms with Crippen LogP contribution in [0, 0.1) is 6.92 Å². The fraction of sp³-hybridized carbons (Fsp3) is 0.267. The predicted octanol–water partition coefficient (Wildman–Crippen LogP) is 5.55. The first-order chi connectivity index (χ1) is 17.9. The minimum Gasteiger partial charge on any atom is -0.464 e. The second-order valence-electron chi connectivity index (χ2n) is 9.54. The molecule has 1 aliphatic rings. The Morgan fingerprint density at radius 2 is 1.65 bits per heavy atom. The monoisotopic (exact) mass is 498 g/mol. The lowest BCUT2D eigenvalue weighted by atomic mass is 10.1. The molecule has 2 amide bonds. The number of nitrogens with zero attached hydrogens (tertiary/aromatic N) is 2. The van der Waals surface area contributed by atoms with Gasteiger partial charge in [-0.3, -0.25) is 9.59 Å². The summed E-state index contributed by atoms with van der Waals surface area (Å²) in [7, 11) is 0. The van der Waals surface area contributed by atoms with Gasteiger partial charge in [0.1, 0.15) is 18.1 Å². The molecular formula is C30H30N2O5. The molecule has 0 saturated heterocycles. The van der Waals surface area contributed by atoms with Gasteiger partial charge in [0.15, 0.2) is 11.5 Å². The third kappa shape index (κ3) is 5.45. The summed E-state index contributed by atoms with van der Waals surface area (Å²) in [6.07, 6.45) is 0. The highest BCUT2D eigenvalue weighted by Crippen LogP contribution is 2.33. The molecule has 0 radical (unpaired) electrons. The van der Waals surface area contributed by atoms with Gasteiger partial charge in [-0.05, 0) is 73.5 Å². The normalized spacial score (nSPS) is 12.2. The van der Waals surface area contributed by atoms with Gasteiger partial charge in [-0.2, -0.15) is 0 Å². The van der Waals surface area contributed by atoms with Crippen LogP contribution < -0.4 is 9.47 Å². The largest absolute Gasteiger partial charge is 0.464 e. The molecule has 5 rings (SSSR count). The Hall–Kier alpha value is -4.26. The Bertz CT molecular complexity index is 1440. The highest BCUT2D eigenvalue weighted by molar-refractivity contribution is 6.00. The van der Waals surface area contributed by atoms with E-state index in [1.165, 1.54) is 0 Å². The van der Waals surface area contributed by atoms with Crippen molar-refractivity contribution in [2.24, 2.45) is 0 Å². The maximum Gasteiger partial charge on any atom is 0.254 e. The minimum atomic E-state index is -0.175. The van der Waals surface area contributed by atoms with Crippen LogP contribution in [0.3, 0.4) is 0 Å². The lowest BCUT2D eigenvalue weighted by molar-refractivity contribution is -0.133. The van der Waals surface area contributed by atoms with Crippen molar-refractivity contribution < 1.29 is 23.5 Å². The van der Waals surface area contributed by atoms with Gasteiger partial charge in [0, 0.05) is 18.2 Å². The van der Waals surface area contributed by atoms with Crippen molar-refractivity contribution in [2.75, 3.05) is 13.3 Å². The molecule has 0 saturated carbocycles. The van der Waals surface area contributed by atoms with E-state index in [0.29, 0.717) is 29.4 Å². The van der Waals surface area contributed by atoms with Gasteiger partial charge in [0.05, 0.1) is 6.54 Å². The molecule has 0 atom stereocenters. The van der Waals surface area contributed by atoms with E-state index in [9.17, 15) is 9.59 Å². The van der Waals surface area contributed by atoms with Gasteiger partial charge in [0.25, 0.3) is 5.91 Å². The van der Waals surface area contributed by atoms with E-state index in [4.69, 9.17) is 13.9 Å². The number of fused-ring (bicyclic) bond motifs is 2. The van der Waals surface area contributed by atoms with Crippen molar-refractivity contribution in [2.45, 2.75) is 39.9 Å². The molecule has 7 heteroatoms. The molecule has 1 aromatic heterocycles. The smallest absolute Gasteiger partial charge is 0.254 e. The van der Waals surface area contributed by atoms with E-state index in [-0.39, 0.29) is 37.7 Å². The van der Waals surface area contributed by atoms with Crippen molar-refractivity contribution in [3.8, 4) is 11.5 Å². The zero-order chi connectivity index (χ0) is 25.9. The Kier molecular flexibility index (Phi) is 6.86. The van der Waals surface area contributed by atoms with Crippen LogP contribution in [0.15, 0.2) is 77.2 Å². The molecule has 4 aromatic rings. The number of benzene rings is 3. The summed E-state index contributed by atoms with van der Waals surface area (Å²) in [6.45, 7) is 6.48. The number of rotatable bonds is 8. The third-order valence-corrected chi connectivity index (χ3v) is 6.49. The molecule has 0 aliphatic carbocycles. The molecule has 0 bridgehead atoms. The predicted molar refractivity (Wildman–Crippen MR) is 140 cm³/mol. The molecule has 0 spiro atoms. The SMILES string of the molecule is Cc1ccc(CN(Cc2ccc3c(c2)OCO3)C(=O)CN(C(=O)c2ccc3ccccc3c2)C(C)C)o1. The molecule has 1 aliphatic heterocycles. The fourth-order valence-corrected chi connectivity index (χ4v) is 4.47. The number of carbonyl (C=O) groups is 2. The second kappa shape index (κ2) is 10.4. The van der Waals surface area contributed by atoms with Crippen molar-refractivity contribution in [3.05, 3.63) is 95.4 Å². The Morgan fingerprint density at radius 1 is 0.865 bits per heavy atom. The molecule has 0 N–H and O–H groups in total. The van der Waals surface area contributed by atoms with Gasteiger partial charge in [-0.1, -0.05) is 36.4 Å². The molecule has 0 unspecified atom stereocenters. The highest BCUT2D eigenvalue weighted by atomic mass is 16.7. The number of aryl methyl sites for hydroxylation is 1. The van der Waals surface area contributed by atoms with Crippen LogP contribution in [-0.4, -0.2) is 41.0 Å². The number of amides is 2. The summed E-state index contributed by atoms with van der Waals surface area (Å²) in [4.78, 5) is 30.6. The van der Waals surface area contributed by atoms with Crippen molar-refractivity contribution in [1.29, 1.82) is 0 Å². The summed E-state index contributed by atoms with van der Waals surface area (Å²) >= 11 is 0. The summed E-state index contributed by atoms with van der Waals surface area (Å²) in [5, 5.41) is 2.05. The quantitative estimate of drug-likeness (QED) is 0.319. The number of furan rings is 1. The maximum absolute atomic E-state index is 13.7. The fourth-order valence-electron chi connectivity index (χ4n) is 4.47. The number of hydrogen-bond donors (Lipinski definition) is 0. The summed E-state index contributed by atoms with van der Waals surface area (Å²) < 4.78 is 16.7. The minimum absolute atomic E-state index is 0.0480. The first-order valence-corrected chi connectivity index (χ1v) is 12.4.